The minimum Gasteiger partial charge on any atom is -0.347 e. The molecule has 0 radical (unpaired) electrons. The van der Waals surface area contributed by atoms with E-state index < -0.39 is 35.5 Å². The summed E-state index contributed by atoms with van der Waals surface area (Å²) in [6.45, 7) is 2.07. The number of ketones is 4. The fourth-order valence-electron chi connectivity index (χ4n) is 4.24. The first-order chi connectivity index (χ1) is 16.5. The lowest BCUT2D eigenvalue weighted by Gasteiger charge is -2.22. The molecule has 2 rings (SSSR count). The predicted molar refractivity (Wildman–Crippen MR) is 129 cm³/mol. The minimum absolute atomic E-state index is 0.0205. The molecular weight excluding hydrogens is 450 g/mol. The van der Waals surface area contributed by atoms with Crippen LogP contribution in [0.3, 0.4) is 0 Å². The molecule has 0 aromatic heterocycles. The number of likely N-dealkylation sites (N-methyl/N-ethyl adjacent to an activating group) is 2. The smallest absolute Gasteiger partial charge is 0.249 e. The molecule has 9 nitrogen and oxygen atoms in total. The largest absolute Gasteiger partial charge is 0.347 e. The Labute approximate surface area is 206 Å². The van der Waals surface area contributed by atoms with Crippen molar-refractivity contribution in [2.45, 2.75) is 57.5 Å². The van der Waals surface area contributed by atoms with Crippen molar-refractivity contribution in [1.29, 1.82) is 0 Å². The van der Waals surface area contributed by atoms with Gasteiger partial charge in [0.2, 0.25) is 17.6 Å². The number of nitrogens with one attached hydrogen (secondary N) is 1. The second-order valence-corrected chi connectivity index (χ2v) is 9.26. The van der Waals surface area contributed by atoms with Crippen LogP contribution >= 0.6 is 0 Å². The Morgan fingerprint density at radius 1 is 1.09 bits per heavy atom. The predicted octanol–water partition coefficient (Wildman–Crippen LogP) is 1.50. The summed E-state index contributed by atoms with van der Waals surface area (Å²) in [5, 5.41) is 2.66. The summed E-state index contributed by atoms with van der Waals surface area (Å²) < 4.78 is 0. The van der Waals surface area contributed by atoms with Crippen molar-refractivity contribution < 1.29 is 28.8 Å². The SMILES string of the molecule is CCCC(CC(=O)[C@@H]1CC(=O)CN1C)C(=O)C(=O)CCC(=O)N[C@H](C(=O)N(C)C)c1ccccc1. The Morgan fingerprint density at radius 2 is 1.74 bits per heavy atom. The molecule has 1 aliphatic heterocycles. The Hall–Kier alpha value is -3.20. The first-order valence-electron chi connectivity index (χ1n) is 11.9. The molecule has 9 heteroatoms. The van der Waals surface area contributed by atoms with Crippen LogP contribution in [0.15, 0.2) is 30.3 Å². The van der Waals surface area contributed by atoms with Gasteiger partial charge in [-0.2, -0.15) is 0 Å². The van der Waals surface area contributed by atoms with Gasteiger partial charge in [0.1, 0.15) is 11.8 Å². The third-order valence-corrected chi connectivity index (χ3v) is 6.19. The van der Waals surface area contributed by atoms with Crippen molar-refractivity contribution in [1.82, 2.24) is 15.1 Å². The normalized spacial score (nSPS) is 17.5. The number of hydrogen-bond acceptors (Lipinski definition) is 7. The zero-order valence-electron chi connectivity index (χ0n) is 20.9. The van der Waals surface area contributed by atoms with Crippen LogP contribution in [0.5, 0.6) is 0 Å². The first kappa shape index (κ1) is 28.0. The van der Waals surface area contributed by atoms with Crippen molar-refractivity contribution in [3.63, 3.8) is 0 Å². The average molecular weight is 486 g/mol. The van der Waals surface area contributed by atoms with E-state index in [1.165, 1.54) is 4.90 Å². The summed E-state index contributed by atoms with van der Waals surface area (Å²) in [5.41, 5.74) is 0.610. The van der Waals surface area contributed by atoms with Crippen LogP contribution in [0, 0.1) is 5.92 Å². The second kappa shape index (κ2) is 13.0. The summed E-state index contributed by atoms with van der Waals surface area (Å²) in [5.74, 6) is -3.22. The van der Waals surface area contributed by atoms with Gasteiger partial charge >= 0.3 is 0 Å². The number of hydrogen-bond donors (Lipinski definition) is 1. The van der Waals surface area contributed by atoms with E-state index >= 15 is 0 Å². The van der Waals surface area contributed by atoms with Gasteiger partial charge in [-0.1, -0.05) is 43.7 Å². The Kier molecular flexibility index (Phi) is 10.4. The van der Waals surface area contributed by atoms with E-state index in [2.05, 4.69) is 5.32 Å². The van der Waals surface area contributed by atoms with Gasteiger partial charge in [-0.05, 0) is 19.0 Å². The zero-order chi connectivity index (χ0) is 26.1. The molecule has 1 aromatic carbocycles. The maximum atomic E-state index is 12.8. The van der Waals surface area contributed by atoms with E-state index in [0.29, 0.717) is 18.4 Å². The van der Waals surface area contributed by atoms with Crippen LogP contribution in [0.25, 0.3) is 0 Å². The maximum Gasteiger partial charge on any atom is 0.249 e. The van der Waals surface area contributed by atoms with Gasteiger partial charge in [0.25, 0.3) is 0 Å². The summed E-state index contributed by atoms with van der Waals surface area (Å²) >= 11 is 0. The second-order valence-electron chi connectivity index (χ2n) is 9.26. The molecule has 2 amide bonds. The van der Waals surface area contributed by atoms with Gasteiger partial charge in [-0.25, -0.2) is 0 Å². The van der Waals surface area contributed by atoms with Crippen LogP contribution in [0.4, 0.5) is 0 Å². The number of carbonyl (C=O) groups is 6. The van der Waals surface area contributed by atoms with Gasteiger partial charge in [-0.15, -0.1) is 0 Å². The Morgan fingerprint density at radius 3 is 2.29 bits per heavy atom. The van der Waals surface area contributed by atoms with Crippen LogP contribution in [0.2, 0.25) is 0 Å². The molecule has 190 valence electrons. The van der Waals surface area contributed by atoms with E-state index in [4.69, 9.17) is 0 Å². The van der Waals surface area contributed by atoms with E-state index in [1.807, 2.05) is 6.92 Å². The van der Waals surface area contributed by atoms with Crippen LogP contribution < -0.4 is 5.32 Å². The number of amides is 2. The fraction of sp³-hybridized carbons (Fsp3) is 0.538. The molecule has 35 heavy (non-hydrogen) atoms. The molecule has 0 aliphatic carbocycles. The van der Waals surface area contributed by atoms with Crippen LogP contribution in [0.1, 0.15) is 57.1 Å². The van der Waals surface area contributed by atoms with Gasteiger partial charge < -0.3 is 10.2 Å². The van der Waals surface area contributed by atoms with Crippen molar-refractivity contribution in [2.75, 3.05) is 27.7 Å². The minimum atomic E-state index is -0.902. The van der Waals surface area contributed by atoms with E-state index in [9.17, 15) is 28.8 Å². The van der Waals surface area contributed by atoms with Gasteiger partial charge in [0.15, 0.2) is 11.6 Å². The quantitative estimate of drug-likeness (QED) is 0.420. The third-order valence-electron chi connectivity index (χ3n) is 6.19. The standard InChI is InChI=1S/C26H35N3O6/c1-5-9-18(14-22(32)20-15-19(30)16-29(20)4)25(34)21(31)12-13-23(33)27-24(26(35)28(2)3)17-10-7-6-8-11-17/h6-8,10-11,18,20,24H,5,9,12-16H2,1-4H3,(H,27,33)/t18?,20-,24-/m0/s1. The molecule has 1 unspecified atom stereocenters. The lowest BCUT2D eigenvalue weighted by Crippen LogP contribution is -2.40. The fourth-order valence-corrected chi connectivity index (χ4v) is 4.24. The summed E-state index contributed by atoms with van der Waals surface area (Å²) in [6.07, 6.45) is 0.466. The lowest BCUT2D eigenvalue weighted by molar-refractivity contribution is -0.141. The molecule has 3 atom stereocenters. The molecule has 0 spiro atoms. The highest BCUT2D eigenvalue weighted by atomic mass is 16.2. The molecule has 1 saturated heterocycles. The molecule has 1 N–H and O–H groups in total. The molecule has 0 bridgehead atoms. The first-order valence-corrected chi connectivity index (χ1v) is 11.9. The Bertz CT molecular complexity index is 959. The summed E-state index contributed by atoms with van der Waals surface area (Å²) in [4.78, 5) is 77.9. The van der Waals surface area contributed by atoms with Gasteiger partial charge in [0.05, 0.1) is 12.6 Å². The molecular formula is C26H35N3O6. The third kappa shape index (κ3) is 7.92. The number of Topliss-reactive ketones (excluding diaryl/α,β-unsaturated/α-hetero) is 4. The van der Waals surface area contributed by atoms with E-state index in [0.717, 1.165) is 0 Å². The summed E-state index contributed by atoms with van der Waals surface area (Å²) in [6, 6.07) is 7.31. The number of rotatable bonds is 13. The Balaban J connectivity index is 1.97. The van der Waals surface area contributed by atoms with Crippen molar-refractivity contribution >= 4 is 34.9 Å². The average Bonchev–Trinajstić information content (AvgIpc) is 3.18. The zero-order valence-corrected chi connectivity index (χ0v) is 20.9. The van der Waals surface area contributed by atoms with Crippen molar-refractivity contribution in [3.05, 3.63) is 35.9 Å². The summed E-state index contributed by atoms with van der Waals surface area (Å²) in [7, 11) is 4.86. The lowest BCUT2D eigenvalue weighted by atomic mass is 9.87. The molecule has 1 heterocycles. The molecule has 1 aliphatic rings. The molecule has 1 fully saturated rings. The highest BCUT2D eigenvalue weighted by Crippen LogP contribution is 2.21. The number of carbonyl (C=O) groups excluding carboxylic acids is 6. The van der Waals surface area contributed by atoms with E-state index in [-0.39, 0.29) is 49.7 Å². The number of benzene rings is 1. The van der Waals surface area contributed by atoms with Crippen LogP contribution in [-0.4, -0.2) is 78.5 Å². The van der Waals surface area contributed by atoms with Crippen molar-refractivity contribution in [2.24, 2.45) is 5.92 Å². The van der Waals surface area contributed by atoms with Gasteiger partial charge in [0, 0.05) is 45.7 Å². The highest BCUT2D eigenvalue weighted by molar-refractivity contribution is 6.38. The topological polar surface area (TPSA) is 121 Å². The number of likely N-dealkylation sites (tertiary alicyclic amines) is 1. The molecule has 1 aromatic rings. The van der Waals surface area contributed by atoms with Gasteiger partial charge in [-0.3, -0.25) is 33.7 Å². The van der Waals surface area contributed by atoms with Crippen LogP contribution in [-0.2, 0) is 28.8 Å². The maximum absolute atomic E-state index is 12.8. The highest BCUT2D eigenvalue weighted by Gasteiger charge is 2.36. The van der Waals surface area contributed by atoms with Crippen molar-refractivity contribution in [3.8, 4) is 0 Å². The monoisotopic (exact) mass is 485 g/mol. The number of nitrogens with zero attached hydrogens (tertiary/aromatic N) is 2. The molecule has 0 saturated carbocycles. The van der Waals surface area contributed by atoms with E-state index in [1.54, 1.807) is 56.4 Å².